The molecule has 0 atom stereocenters. The molecule has 2 aromatic carbocycles. The Hall–Kier alpha value is -2.80. The van der Waals surface area contributed by atoms with Gasteiger partial charge in [-0.05, 0) is 48.9 Å². The van der Waals surface area contributed by atoms with Gasteiger partial charge in [0.1, 0.15) is 5.58 Å². The summed E-state index contributed by atoms with van der Waals surface area (Å²) in [5, 5.41) is 3.78. The van der Waals surface area contributed by atoms with Crippen LogP contribution in [0, 0.1) is 0 Å². The number of carbonyl (C=O) groups excluding carboxylic acids is 1. The van der Waals surface area contributed by atoms with Crippen molar-refractivity contribution in [3.63, 3.8) is 0 Å². The number of amides is 1. The lowest BCUT2D eigenvalue weighted by molar-refractivity contribution is 0.102. The standard InChI is InChI=1S/C18H16N2O4S/c21-18(19-15-5-2-13-8-10-24-17(13)12-15)14-3-6-16(7-4-14)20-9-1-11-25(20,22)23/h2-8,10,12H,1,9,11H2,(H,19,21). The highest BCUT2D eigenvalue weighted by molar-refractivity contribution is 7.93. The average Bonchev–Trinajstić information content (AvgIpc) is 3.20. The molecule has 1 saturated heterocycles. The number of furan rings is 1. The maximum Gasteiger partial charge on any atom is 0.255 e. The van der Waals surface area contributed by atoms with Gasteiger partial charge in [0.2, 0.25) is 10.0 Å². The number of carbonyl (C=O) groups is 1. The van der Waals surface area contributed by atoms with Crippen molar-refractivity contribution in [3.05, 3.63) is 60.4 Å². The van der Waals surface area contributed by atoms with E-state index in [1.165, 1.54) is 4.31 Å². The molecular formula is C18H16N2O4S. The molecule has 0 aliphatic carbocycles. The van der Waals surface area contributed by atoms with E-state index in [1.54, 1.807) is 42.7 Å². The van der Waals surface area contributed by atoms with Crippen molar-refractivity contribution in [3.8, 4) is 0 Å². The van der Waals surface area contributed by atoms with E-state index in [0.717, 1.165) is 5.39 Å². The lowest BCUT2D eigenvalue weighted by atomic mass is 10.1. The Balaban J connectivity index is 1.52. The molecule has 7 heteroatoms. The molecule has 3 aromatic rings. The molecule has 0 saturated carbocycles. The summed E-state index contributed by atoms with van der Waals surface area (Å²) in [6.45, 7) is 0.483. The molecule has 1 aliphatic rings. The molecule has 1 fully saturated rings. The quantitative estimate of drug-likeness (QED) is 0.781. The minimum Gasteiger partial charge on any atom is -0.464 e. The van der Waals surface area contributed by atoms with Crippen LogP contribution in [0.15, 0.2) is 59.2 Å². The maximum absolute atomic E-state index is 12.4. The van der Waals surface area contributed by atoms with Gasteiger partial charge in [0.25, 0.3) is 5.91 Å². The summed E-state index contributed by atoms with van der Waals surface area (Å²) < 4.78 is 30.6. The summed E-state index contributed by atoms with van der Waals surface area (Å²) in [6.07, 6.45) is 2.22. The number of benzene rings is 2. The number of fused-ring (bicyclic) bond motifs is 1. The number of hydrogen-bond acceptors (Lipinski definition) is 4. The first kappa shape index (κ1) is 15.7. The van der Waals surface area contributed by atoms with Crippen molar-refractivity contribution in [1.82, 2.24) is 0 Å². The number of nitrogens with one attached hydrogen (secondary N) is 1. The highest BCUT2D eigenvalue weighted by Gasteiger charge is 2.28. The predicted octanol–water partition coefficient (Wildman–Crippen LogP) is 3.23. The van der Waals surface area contributed by atoms with E-state index in [9.17, 15) is 13.2 Å². The van der Waals surface area contributed by atoms with Crippen LogP contribution in [0.5, 0.6) is 0 Å². The van der Waals surface area contributed by atoms with E-state index in [-0.39, 0.29) is 11.7 Å². The molecular weight excluding hydrogens is 340 g/mol. The van der Waals surface area contributed by atoms with Crippen molar-refractivity contribution in [1.29, 1.82) is 0 Å². The van der Waals surface area contributed by atoms with Crippen LogP contribution in [-0.2, 0) is 10.0 Å². The van der Waals surface area contributed by atoms with Gasteiger partial charge in [-0.15, -0.1) is 0 Å². The van der Waals surface area contributed by atoms with Gasteiger partial charge in [0, 0.05) is 29.2 Å². The van der Waals surface area contributed by atoms with Gasteiger partial charge in [-0.25, -0.2) is 8.42 Å². The minimum absolute atomic E-state index is 0.171. The topological polar surface area (TPSA) is 79.6 Å². The summed E-state index contributed by atoms with van der Waals surface area (Å²) >= 11 is 0. The van der Waals surface area contributed by atoms with Gasteiger partial charge in [-0.2, -0.15) is 0 Å². The Bertz CT molecular complexity index is 1040. The number of nitrogens with zero attached hydrogens (tertiary/aromatic N) is 1. The smallest absolute Gasteiger partial charge is 0.255 e. The van der Waals surface area contributed by atoms with Gasteiger partial charge in [-0.1, -0.05) is 0 Å². The van der Waals surface area contributed by atoms with E-state index < -0.39 is 10.0 Å². The number of rotatable bonds is 3. The fraction of sp³-hybridized carbons (Fsp3) is 0.167. The van der Waals surface area contributed by atoms with Crippen LogP contribution in [-0.4, -0.2) is 26.6 Å². The summed E-state index contributed by atoms with van der Waals surface area (Å²) in [7, 11) is -3.21. The summed E-state index contributed by atoms with van der Waals surface area (Å²) in [4.78, 5) is 12.4. The first-order chi connectivity index (χ1) is 12.0. The average molecular weight is 356 g/mol. The Labute approximate surface area is 145 Å². The van der Waals surface area contributed by atoms with Crippen LogP contribution in [0.4, 0.5) is 11.4 Å². The molecule has 0 unspecified atom stereocenters. The first-order valence-electron chi connectivity index (χ1n) is 7.92. The lowest BCUT2D eigenvalue weighted by Crippen LogP contribution is -2.25. The van der Waals surface area contributed by atoms with Crippen molar-refractivity contribution in [2.45, 2.75) is 6.42 Å². The van der Waals surface area contributed by atoms with Crippen LogP contribution in [0.25, 0.3) is 11.0 Å². The highest BCUT2D eigenvalue weighted by Crippen LogP contribution is 2.25. The lowest BCUT2D eigenvalue weighted by Gasteiger charge is -2.17. The van der Waals surface area contributed by atoms with Gasteiger partial charge in [0.15, 0.2) is 0 Å². The van der Waals surface area contributed by atoms with Crippen molar-refractivity contribution >= 4 is 38.3 Å². The molecule has 1 aromatic heterocycles. The Morgan fingerprint density at radius 2 is 1.88 bits per heavy atom. The number of hydrogen-bond donors (Lipinski definition) is 1. The van der Waals surface area contributed by atoms with Gasteiger partial charge in [-0.3, -0.25) is 9.10 Å². The van der Waals surface area contributed by atoms with Crippen molar-refractivity contribution in [2.75, 3.05) is 21.9 Å². The fourth-order valence-electron chi connectivity index (χ4n) is 2.94. The molecule has 6 nitrogen and oxygen atoms in total. The fourth-order valence-corrected chi connectivity index (χ4v) is 4.51. The molecule has 1 amide bonds. The molecule has 0 radical (unpaired) electrons. The summed E-state index contributed by atoms with van der Waals surface area (Å²) in [6, 6.07) is 13.9. The molecule has 0 spiro atoms. The van der Waals surface area contributed by atoms with Gasteiger partial charge in [0.05, 0.1) is 17.7 Å². The largest absolute Gasteiger partial charge is 0.464 e. The third-order valence-electron chi connectivity index (χ3n) is 4.23. The zero-order chi connectivity index (χ0) is 17.4. The second-order valence-electron chi connectivity index (χ2n) is 5.92. The number of sulfonamides is 1. The van der Waals surface area contributed by atoms with Crippen LogP contribution in [0.1, 0.15) is 16.8 Å². The van der Waals surface area contributed by atoms with Crippen molar-refractivity contribution < 1.29 is 17.6 Å². The zero-order valence-electron chi connectivity index (χ0n) is 13.3. The second kappa shape index (κ2) is 5.93. The molecule has 4 rings (SSSR count). The van der Waals surface area contributed by atoms with Crippen molar-refractivity contribution in [2.24, 2.45) is 0 Å². The van der Waals surface area contributed by atoms with Crippen LogP contribution in [0.2, 0.25) is 0 Å². The third-order valence-corrected chi connectivity index (χ3v) is 6.10. The van der Waals surface area contributed by atoms with Gasteiger partial charge >= 0.3 is 0 Å². The SMILES string of the molecule is O=C(Nc1ccc2ccoc2c1)c1ccc(N2CCCS2(=O)=O)cc1. The second-order valence-corrected chi connectivity index (χ2v) is 7.93. The van der Waals surface area contributed by atoms with E-state index in [4.69, 9.17) is 4.42 Å². The Morgan fingerprint density at radius 3 is 2.60 bits per heavy atom. The van der Waals surface area contributed by atoms with Crippen LogP contribution in [0.3, 0.4) is 0 Å². The molecule has 128 valence electrons. The number of anilines is 2. The van der Waals surface area contributed by atoms with E-state index >= 15 is 0 Å². The summed E-state index contributed by atoms with van der Waals surface area (Å²) in [5.41, 5.74) is 2.39. The van der Waals surface area contributed by atoms with Crippen LogP contribution < -0.4 is 9.62 Å². The molecule has 25 heavy (non-hydrogen) atoms. The molecule has 1 N–H and O–H groups in total. The van der Waals surface area contributed by atoms with Gasteiger partial charge < -0.3 is 9.73 Å². The van der Waals surface area contributed by atoms with E-state index in [2.05, 4.69) is 5.32 Å². The maximum atomic E-state index is 12.4. The highest BCUT2D eigenvalue weighted by atomic mass is 32.2. The van der Waals surface area contributed by atoms with E-state index in [1.807, 2.05) is 12.1 Å². The summed E-state index contributed by atoms with van der Waals surface area (Å²) in [5.74, 6) is -0.0912. The third kappa shape index (κ3) is 2.98. The Morgan fingerprint density at radius 1 is 1.08 bits per heavy atom. The normalized spacial score (nSPS) is 16.2. The first-order valence-corrected chi connectivity index (χ1v) is 9.53. The molecule has 1 aliphatic heterocycles. The monoisotopic (exact) mass is 356 g/mol. The molecule has 0 bridgehead atoms. The van der Waals surface area contributed by atoms with E-state index in [0.29, 0.717) is 35.5 Å². The Kier molecular flexibility index (Phi) is 3.73. The molecule has 2 heterocycles. The predicted molar refractivity (Wildman–Crippen MR) is 96.4 cm³/mol. The van der Waals surface area contributed by atoms with Crippen LogP contribution >= 0.6 is 0 Å². The minimum atomic E-state index is -3.21. The zero-order valence-corrected chi connectivity index (χ0v) is 14.1.